The predicted molar refractivity (Wildman–Crippen MR) is 96.8 cm³/mol. The highest BCUT2D eigenvalue weighted by molar-refractivity contribution is 9.10. The number of phenolic OH excluding ortho intramolecular Hbond substituents is 2. The van der Waals surface area contributed by atoms with Crippen LogP contribution < -0.4 is 0 Å². The molecule has 2 aromatic carbocycles. The van der Waals surface area contributed by atoms with E-state index in [1.807, 2.05) is 42.5 Å². The minimum atomic E-state index is -0.106. The van der Waals surface area contributed by atoms with E-state index >= 15 is 0 Å². The van der Waals surface area contributed by atoms with E-state index < -0.39 is 0 Å². The van der Waals surface area contributed by atoms with Crippen molar-refractivity contribution in [2.24, 2.45) is 0 Å². The van der Waals surface area contributed by atoms with Gasteiger partial charge in [0.05, 0.1) is 20.6 Å². The van der Waals surface area contributed by atoms with Gasteiger partial charge in [-0.05, 0) is 79.4 Å². The third kappa shape index (κ3) is 3.41. The zero-order valence-corrected chi connectivity index (χ0v) is 15.1. The number of aromatic hydroxyl groups is 2. The molecular formula is C18H13Br2NO2. The number of nitrogens with zero attached hydrogens (tertiary/aromatic N) is 1. The molecule has 0 unspecified atom stereocenters. The first-order valence-electron chi connectivity index (χ1n) is 6.94. The molecule has 1 aromatic heterocycles. The van der Waals surface area contributed by atoms with E-state index in [0.717, 1.165) is 16.8 Å². The Kier molecular flexibility index (Phi) is 4.68. The molecule has 3 rings (SSSR count). The standard InChI is InChI=1S/C18H13Br2NO2/c19-13-9-11(4-6-16(13)22)18(15-3-1-2-8-21-15)12-5-7-17(23)14(20)10-12/h1-10,18,22-23H. The maximum Gasteiger partial charge on any atom is 0.129 e. The van der Waals surface area contributed by atoms with Crippen LogP contribution in [-0.2, 0) is 0 Å². The van der Waals surface area contributed by atoms with Crippen molar-refractivity contribution in [1.82, 2.24) is 4.98 Å². The molecule has 0 bridgehead atoms. The zero-order chi connectivity index (χ0) is 16.4. The van der Waals surface area contributed by atoms with E-state index in [0.29, 0.717) is 8.95 Å². The van der Waals surface area contributed by atoms with Crippen LogP contribution in [0.1, 0.15) is 22.7 Å². The van der Waals surface area contributed by atoms with Crippen LogP contribution in [0, 0.1) is 0 Å². The monoisotopic (exact) mass is 433 g/mol. The van der Waals surface area contributed by atoms with Gasteiger partial charge in [0.25, 0.3) is 0 Å². The Bertz CT molecular complexity index is 786. The summed E-state index contributed by atoms with van der Waals surface area (Å²) in [6.07, 6.45) is 1.76. The van der Waals surface area contributed by atoms with E-state index in [-0.39, 0.29) is 17.4 Å². The molecule has 0 aliphatic heterocycles. The van der Waals surface area contributed by atoms with Crippen LogP contribution in [0.5, 0.6) is 11.5 Å². The van der Waals surface area contributed by atoms with Crippen LogP contribution in [0.3, 0.4) is 0 Å². The van der Waals surface area contributed by atoms with E-state index in [2.05, 4.69) is 36.8 Å². The van der Waals surface area contributed by atoms with Gasteiger partial charge in [0.15, 0.2) is 0 Å². The van der Waals surface area contributed by atoms with Crippen molar-refractivity contribution in [3.8, 4) is 11.5 Å². The quantitative estimate of drug-likeness (QED) is 0.595. The minimum Gasteiger partial charge on any atom is -0.507 e. The molecule has 0 aliphatic carbocycles. The third-order valence-electron chi connectivity index (χ3n) is 3.59. The fraction of sp³-hybridized carbons (Fsp3) is 0.0556. The van der Waals surface area contributed by atoms with Gasteiger partial charge in [-0.25, -0.2) is 0 Å². The maximum atomic E-state index is 9.74. The number of hydrogen-bond acceptors (Lipinski definition) is 3. The van der Waals surface area contributed by atoms with Crippen molar-refractivity contribution in [2.45, 2.75) is 5.92 Å². The Hall–Kier alpha value is -1.85. The Morgan fingerprint density at radius 3 is 1.78 bits per heavy atom. The lowest BCUT2D eigenvalue weighted by Gasteiger charge is -2.19. The highest BCUT2D eigenvalue weighted by atomic mass is 79.9. The Morgan fingerprint density at radius 1 is 0.783 bits per heavy atom. The molecule has 0 saturated heterocycles. The van der Waals surface area contributed by atoms with Gasteiger partial charge in [0.1, 0.15) is 11.5 Å². The molecule has 23 heavy (non-hydrogen) atoms. The van der Waals surface area contributed by atoms with Crippen LogP contribution in [0.4, 0.5) is 0 Å². The summed E-state index contributed by atoms with van der Waals surface area (Å²) in [5.41, 5.74) is 2.87. The van der Waals surface area contributed by atoms with Gasteiger partial charge in [-0.3, -0.25) is 4.98 Å². The number of hydrogen-bond donors (Lipinski definition) is 2. The lowest BCUT2D eigenvalue weighted by molar-refractivity contribution is 0.471. The van der Waals surface area contributed by atoms with Gasteiger partial charge in [0, 0.05) is 6.20 Å². The predicted octanol–water partition coefficient (Wildman–Crippen LogP) is 5.20. The molecule has 0 saturated carbocycles. The minimum absolute atomic E-state index is 0.106. The molecule has 0 fully saturated rings. The van der Waals surface area contributed by atoms with Gasteiger partial charge in [0.2, 0.25) is 0 Å². The van der Waals surface area contributed by atoms with Crippen LogP contribution in [0.2, 0.25) is 0 Å². The summed E-state index contributed by atoms with van der Waals surface area (Å²) in [7, 11) is 0. The van der Waals surface area contributed by atoms with Crippen molar-refractivity contribution in [3.63, 3.8) is 0 Å². The van der Waals surface area contributed by atoms with Crippen molar-refractivity contribution < 1.29 is 10.2 Å². The molecule has 0 amide bonds. The molecule has 5 heteroatoms. The molecule has 0 atom stereocenters. The third-order valence-corrected chi connectivity index (χ3v) is 4.86. The smallest absolute Gasteiger partial charge is 0.129 e. The van der Waals surface area contributed by atoms with E-state index in [9.17, 15) is 10.2 Å². The second-order valence-corrected chi connectivity index (χ2v) is 6.82. The Balaban J connectivity index is 2.17. The first-order chi connectivity index (χ1) is 11.1. The molecule has 3 nitrogen and oxygen atoms in total. The van der Waals surface area contributed by atoms with E-state index in [1.165, 1.54) is 0 Å². The molecule has 0 aliphatic rings. The van der Waals surface area contributed by atoms with Crippen molar-refractivity contribution in [2.75, 3.05) is 0 Å². The second-order valence-electron chi connectivity index (χ2n) is 5.11. The summed E-state index contributed by atoms with van der Waals surface area (Å²) in [5, 5.41) is 19.5. The summed E-state index contributed by atoms with van der Waals surface area (Å²) in [5.74, 6) is 0.283. The average molecular weight is 435 g/mol. The number of phenols is 2. The van der Waals surface area contributed by atoms with Gasteiger partial charge in [-0.1, -0.05) is 18.2 Å². The SMILES string of the molecule is Oc1ccc(C(c2ccc(O)c(Br)c2)c2ccccn2)cc1Br. The maximum absolute atomic E-state index is 9.74. The first kappa shape index (κ1) is 16.0. The fourth-order valence-corrected chi connectivity index (χ4v) is 3.28. The molecule has 1 heterocycles. The van der Waals surface area contributed by atoms with Gasteiger partial charge < -0.3 is 10.2 Å². The van der Waals surface area contributed by atoms with Crippen LogP contribution in [0.25, 0.3) is 0 Å². The first-order valence-corrected chi connectivity index (χ1v) is 8.52. The molecular weight excluding hydrogens is 422 g/mol. The van der Waals surface area contributed by atoms with Crippen LogP contribution in [-0.4, -0.2) is 15.2 Å². The molecule has 116 valence electrons. The second kappa shape index (κ2) is 6.72. The molecule has 0 spiro atoms. The number of aromatic nitrogens is 1. The lowest BCUT2D eigenvalue weighted by atomic mass is 9.88. The Morgan fingerprint density at radius 2 is 1.35 bits per heavy atom. The number of rotatable bonds is 3. The summed E-state index contributed by atoms with van der Waals surface area (Å²) < 4.78 is 1.27. The van der Waals surface area contributed by atoms with Crippen LogP contribution in [0.15, 0.2) is 69.7 Å². The average Bonchev–Trinajstić information content (AvgIpc) is 2.55. The largest absolute Gasteiger partial charge is 0.507 e. The van der Waals surface area contributed by atoms with Crippen molar-refractivity contribution in [1.29, 1.82) is 0 Å². The summed E-state index contributed by atoms with van der Waals surface area (Å²) in [6, 6.07) is 16.6. The lowest BCUT2D eigenvalue weighted by Crippen LogP contribution is -2.05. The van der Waals surface area contributed by atoms with Gasteiger partial charge in [-0.15, -0.1) is 0 Å². The molecule has 2 N–H and O–H groups in total. The zero-order valence-electron chi connectivity index (χ0n) is 11.9. The summed E-state index contributed by atoms with van der Waals surface area (Å²) in [4.78, 5) is 4.48. The molecule has 3 aromatic rings. The van der Waals surface area contributed by atoms with Crippen LogP contribution >= 0.6 is 31.9 Å². The normalized spacial score (nSPS) is 10.9. The molecule has 0 radical (unpaired) electrons. The highest BCUT2D eigenvalue weighted by Crippen LogP contribution is 2.37. The summed E-state index contributed by atoms with van der Waals surface area (Å²) in [6.45, 7) is 0. The Labute approximate surface area is 150 Å². The topological polar surface area (TPSA) is 53.4 Å². The van der Waals surface area contributed by atoms with E-state index in [4.69, 9.17) is 0 Å². The number of pyridine rings is 1. The highest BCUT2D eigenvalue weighted by Gasteiger charge is 2.20. The number of benzene rings is 2. The van der Waals surface area contributed by atoms with E-state index in [1.54, 1.807) is 18.3 Å². The van der Waals surface area contributed by atoms with Gasteiger partial charge in [-0.2, -0.15) is 0 Å². The van der Waals surface area contributed by atoms with Crippen molar-refractivity contribution in [3.05, 3.63) is 86.6 Å². The fourth-order valence-electron chi connectivity index (χ4n) is 2.49. The van der Waals surface area contributed by atoms with Crippen molar-refractivity contribution >= 4 is 31.9 Å². The summed E-state index contributed by atoms with van der Waals surface area (Å²) >= 11 is 6.73. The number of halogens is 2. The van der Waals surface area contributed by atoms with Gasteiger partial charge >= 0.3 is 0 Å².